The van der Waals surface area contributed by atoms with Crippen LogP contribution in [0.1, 0.15) is 34.3 Å². The molecule has 5 nitrogen and oxygen atoms in total. The zero-order chi connectivity index (χ0) is 18.0. The van der Waals surface area contributed by atoms with Gasteiger partial charge in [-0.05, 0) is 38.3 Å². The highest BCUT2D eigenvalue weighted by molar-refractivity contribution is 7.15. The van der Waals surface area contributed by atoms with Gasteiger partial charge in [0.25, 0.3) is 5.91 Å². The van der Waals surface area contributed by atoms with Crippen LogP contribution in [0.4, 0.5) is 13.9 Å². The van der Waals surface area contributed by atoms with Crippen LogP contribution < -0.4 is 5.32 Å². The number of aromatic nitrogens is 1. The minimum Gasteiger partial charge on any atom is -0.466 e. The summed E-state index contributed by atoms with van der Waals surface area (Å²) in [5.41, 5.74) is 0.583. The van der Waals surface area contributed by atoms with E-state index >= 15 is 0 Å². The summed E-state index contributed by atoms with van der Waals surface area (Å²) in [6.45, 7) is 2.11. The summed E-state index contributed by atoms with van der Waals surface area (Å²) in [6, 6.07) is 2.77. The maximum atomic E-state index is 13.7. The first-order valence-electron chi connectivity index (χ1n) is 7.89. The second-order valence-electron chi connectivity index (χ2n) is 5.66. The van der Waals surface area contributed by atoms with E-state index in [-0.39, 0.29) is 17.5 Å². The summed E-state index contributed by atoms with van der Waals surface area (Å²) in [7, 11) is 0. The van der Waals surface area contributed by atoms with Crippen molar-refractivity contribution in [2.24, 2.45) is 5.92 Å². The van der Waals surface area contributed by atoms with Crippen LogP contribution in [0.5, 0.6) is 0 Å². The first-order valence-corrected chi connectivity index (χ1v) is 8.71. The largest absolute Gasteiger partial charge is 0.466 e. The smallest absolute Gasteiger partial charge is 0.309 e. The summed E-state index contributed by atoms with van der Waals surface area (Å²) in [6.07, 6.45) is 1.79. The van der Waals surface area contributed by atoms with Gasteiger partial charge in [-0.15, -0.1) is 11.3 Å². The number of aryl methyl sites for hydroxylation is 1. The SMILES string of the molecule is CCOC(=O)C1CCc2nc(NC(=O)c3ccc(F)cc3F)sc2C1. The second kappa shape index (κ2) is 7.26. The van der Waals surface area contributed by atoms with Crippen molar-refractivity contribution in [2.45, 2.75) is 26.2 Å². The molecule has 132 valence electrons. The molecule has 8 heteroatoms. The Morgan fingerprint density at radius 3 is 2.92 bits per heavy atom. The van der Waals surface area contributed by atoms with Crippen molar-refractivity contribution < 1.29 is 23.1 Å². The molecule has 25 heavy (non-hydrogen) atoms. The fraction of sp³-hybridized carbons (Fsp3) is 0.353. The van der Waals surface area contributed by atoms with E-state index in [0.29, 0.717) is 37.1 Å². The van der Waals surface area contributed by atoms with Crippen molar-refractivity contribution in [3.8, 4) is 0 Å². The first-order chi connectivity index (χ1) is 12.0. The number of hydrogen-bond donors (Lipinski definition) is 1. The minimum absolute atomic E-state index is 0.203. The molecule has 1 aliphatic carbocycles. The van der Waals surface area contributed by atoms with Crippen molar-refractivity contribution in [2.75, 3.05) is 11.9 Å². The average Bonchev–Trinajstić information content (AvgIpc) is 2.96. The predicted molar refractivity (Wildman–Crippen MR) is 88.6 cm³/mol. The summed E-state index contributed by atoms with van der Waals surface area (Å²) < 4.78 is 31.7. The topological polar surface area (TPSA) is 68.3 Å². The summed E-state index contributed by atoms with van der Waals surface area (Å²) in [5.74, 6) is -2.79. The van der Waals surface area contributed by atoms with Gasteiger partial charge in [-0.1, -0.05) is 0 Å². The molecule has 0 saturated heterocycles. The number of halogens is 2. The van der Waals surface area contributed by atoms with Gasteiger partial charge in [-0.2, -0.15) is 0 Å². The molecule has 0 radical (unpaired) electrons. The van der Waals surface area contributed by atoms with Crippen LogP contribution in [0.15, 0.2) is 18.2 Å². The van der Waals surface area contributed by atoms with Gasteiger partial charge >= 0.3 is 5.97 Å². The average molecular weight is 366 g/mol. The maximum absolute atomic E-state index is 13.7. The highest BCUT2D eigenvalue weighted by Crippen LogP contribution is 2.33. The number of anilines is 1. The Balaban J connectivity index is 1.71. The molecule has 1 aliphatic rings. The van der Waals surface area contributed by atoms with Gasteiger partial charge in [0.1, 0.15) is 11.6 Å². The van der Waals surface area contributed by atoms with E-state index < -0.39 is 17.5 Å². The molecule has 3 rings (SSSR count). The van der Waals surface area contributed by atoms with Gasteiger partial charge in [0.2, 0.25) is 0 Å². The van der Waals surface area contributed by atoms with Crippen LogP contribution in [-0.4, -0.2) is 23.5 Å². The van der Waals surface area contributed by atoms with E-state index in [4.69, 9.17) is 4.74 Å². The van der Waals surface area contributed by atoms with Gasteiger partial charge in [0.15, 0.2) is 5.13 Å². The molecule has 1 aromatic heterocycles. The van der Waals surface area contributed by atoms with Crippen LogP contribution >= 0.6 is 11.3 Å². The molecule has 1 N–H and O–H groups in total. The molecule has 0 aliphatic heterocycles. The van der Waals surface area contributed by atoms with E-state index in [1.807, 2.05) is 0 Å². The van der Waals surface area contributed by atoms with Crippen LogP contribution in [-0.2, 0) is 22.4 Å². The van der Waals surface area contributed by atoms with Gasteiger partial charge in [-0.25, -0.2) is 13.8 Å². The lowest BCUT2D eigenvalue weighted by Crippen LogP contribution is -2.24. The third-order valence-electron chi connectivity index (χ3n) is 3.96. The number of esters is 1. The van der Waals surface area contributed by atoms with E-state index in [1.165, 1.54) is 11.3 Å². The molecule has 0 bridgehead atoms. The molecule has 1 atom stereocenters. The van der Waals surface area contributed by atoms with Crippen LogP contribution in [0.3, 0.4) is 0 Å². The first kappa shape index (κ1) is 17.5. The summed E-state index contributed by atoms with van der Waals surface area (Å²) >= 11 is 1.26. The minimum atomic E-state index is -0.929. The molecular weight excluding hydrogens is 350 g/mol. The number of rotatable bonds is 4. The maximum Gasteiger partial charge on any atom is 0.309 e. The second-order valence-corrected chi connectivity index (χ2v) is 6.74. The number of carbonyl (C=O) groups is 2. The number of fused-ring (bicyclic) bond motifs is 1. The van der Waals surface area contributed by atoms with E-state index in [1.54, 1.807) is 6.92 Å². The Kier molecular flexibility index (Phi) is 5.08. The summed E-state index contributed by atoms with van der Waals surface area (Å²) in [4.78, 5) is 29.3. The fourth-order valence-corrected chi connectivity index (χ4v) is 3.81. The molecule has 1 heterocycles. The number of ether oxygens (including phenoxy) is 1. The van der Waals surface area contributed by atoms with Gasteiger partial charge < -0.3 is 4.74 Å². The van der Waals surface area contributed by atoms with Crippen molar-refractivity contribution in [3.05, 3.63) is 46.0 Å². The number of nitrogens with one attached hydrogen (secondary N) is 1. The van der Waals surface area contributed by atoms with Gasteiger partial charge in [0, 0.05) is 10.9 Å². The molecule has 1 aromatic carbocycles. The predicted octanol–water partition coefficient (Wildman–Crippen LogP) is 3.34. The molecule has 0 saturated carbocycles. The zero-order valence-corrected chi connectivity index (χ0v) is 14.3. The third kappa shape index (κ3) is 3.84. The molecule has 1 unspecified atom stereocenters. The molecule has 2 aromatic rings. The molecule has 0 spiro atoms. The number of thiazole rings is 1. The lowest BCUT2D eigenvalue weighted by molar-refractivity contribution is -0.148. The van der Waals surface area contributed by atoms with Gasteiger partial charge in [-0.3, -0.25) is 14.9 Å². The normalized spacial score (nSPS) is 16.2. The van der Waals surface area contributed by atoms with Crippen molar-refractivity contribution in [1.82, 2.24) is 4.98 Å². The number of nitrogens with zero attached hydrogens (tertiary/aromatic N) is 1. The molecule has 0 fully saturated rings. The zero-order valence-electron chi connectivity index (χ0n) is 13.5. The molecular formula is C17H16F2N2O3S. The van der Waals surface area contributed by atoms with Crippen LogP contribution in [0.2, 0.25) is 0 Å². The third-order valence-corrected chi connectivity index (χ3v) is 4.99. The Hall–Kier alpha value is -2.35. The van der Waals surface area contributed by atoms with Crippen LogP contribution in [0.25, 0.3) is 0 Å². The van der Waals surface area contributed by atoms with E-state index in [0.717, 1.165) is 22.7 Å². The number of amides is 1. The standard InChI is InChI=1S/C17H16F2N2O3S/c1-2-24-16(23)9-3-6-13-14(7-9)25-17(20-13)21-15(22)11-5-4-10(18)8-12(11)19/h4-5,8-9H,2-3,6-7H2,1H3,(H,20,21,22). The highest BCUT2D eigenvalue weighted by Gasteiger charge is 2.28. The number of carbonyl (C=O) groups excluding carboxylic acids is 2. The van der Waals surface area contributed by atoms with Crippen LogP contribution in [0, 0.1) is 17.6 Å². The lowest BCUT2D eigenvalue weighted by atomic mass is 9.91. The Labute approximate surface area is 147 Å². The monoisotopic (exact) mass is 366 g/mol. The Bertz CT molecular complexity index is 822. The Morgan fingerprint density at radius 1 is 1.40 bits per heavy atom. The van der Waals surface area contributed by atoms with Crippen molar-refractivity contribution in [1.29, 1.82) is 0 Å². The quantitative estimate of drug-likeness (QED) is 0.843. The molecule has 1 amide bonds. The van der Waals surface area contributed by atoms with E-state index in [2.05, 4.69) is 10.3 Å². The van der Waals surface area contributed by atoms with E-state index in [9.17, 15) is 18.4 Å². The lowest BCUT2D eigenvalue weighted by Gasteiger charge is -2.18. The highest BCUT2D eigenvalue weighted by atomic mass is 32.1. The number of benzene rings is 1. The van der Waals surface area contributed by atoms with Gasteiger partial charge in [0.05, 0.1) is 23.8 Å². The van der Waals surface area contributed by atoms with Crippen molar-refractivity contribution >= 4 is 28.3 Å². The summed E-state index contributed by atoms with van der Waals surface area (Å²) in [5, 5.41) is 2.87. The Morgan fingerprint density at radius 2 is 2.20 bits per heavy atom. The van der Waals surface area contributed by atoms with Crippen molar-refractivity contribution in [3.63, 3.8) is 0 Å². The number of hydrogen-bond acceptors (Lipinski definition) is 5. The fourth-order valence-electron chi connectivity index (χ4n) is 2.73.